The second-order valence-corrected chi connectivity index (χ2v) is 4.79. The highest BCUT2D eigenvalue weighted by Crippen LogP contribution is 2.26. The molecule has 0 radical (unpaired) electrons. The van der Waals surface area contributed by atoms with Gasteiger partial charge >= 0.3 is 5.97 Å². The molecule has 0 aliphatic rings. The Morgan fingerprint density at radius 2 is 1.88 bits per heavy atom. The minimum atomic E-state index is -1.19. The predicted octanol–water partition coefficient (Wildman–Crippen LogP) is 0.607. The third-order valence-corrected chi connectivity index (χ3v) is 3.18. The summed E-state index contributed by atoms with van der Waals surface area (Å²) in [5.41, 5.74) is 1.56. The van der Waals surface area contributed by atoms with E-state index >= 15 is 0 Å². The summed E-state index contributed by atoms with van der Waals surface area (Å²) in [6.07, 6.45) is 5.96. The number of hydrogen-bond donors (Lipinski definition) is 3. The predicted molar refractivity (Wildman–Crippen MR) is 82.2 cm³/mol. The lowest BCUT2D eigenvalue weighted by Crippen LogP contribution is -2.29. The SMILES string of the molecule is O=C(O)CNC(=O)c1c(O)ccc2nc(-c3cncnc3)cnc12. The van der Waals surface area contributed by atoms with Crippen molar-refractivity contribution >= 4 is 22.9 Å². The second-order valence-electron chi connectivity index (χ2n) is 4.79. The highest BCUT2D eigenvalue weighted by atomic mass is 16.4. The Labute approximate surface area is 135 Å². The van der Waals surface area contributed by atoms with Crippen molar-refractivity contribution < 1.29 is 19.8 Å². The minimum absolute atomic E-state index is 0.128. The van der Waals surface area contributed by atoms with Gasteiger partial charge in [0.2, 0.25) is 0 Å². The van der Waals surface area contributed by atoms with Crippen LogP contribution >= 0.6 is 0 Å². The molecule has 3 aromatic rings. The van der Waals surface area contributed by atoms with E-state index in [0.717, 1.165) is 0 Å². The number of amides is 1. The van der Waals surface area contributed by atoms with E-state index in [1.54, 1.807) is 12.4 Å². The molecule has 0 fully saturated rings. The summed E-state index contributed by atoms with van der Waals surface area (Å²) in [5.74, 6) is -2.25. The van der Waals surface area contributed by atoms with Crippen LogP contribution in [0.25, 0.3) is 22.3 Å². The number of carboxylic acids is 1. The summed E-state index contributed by atoms with van der Waals surface area (Å²) in [4.78, 5) is 39.0. The van der Waals surface area contributed by atoms with Gasteiger partial charge in [-0.05, 0) is 12.1 Å². The van der Waals surface area contributed by atoms with E-state index in [2.05, 4.69) is 25.3 Å². The standard InChI is InChI=1S/C15H11N5O4/c21-11-2-1-9-14(13(11)15(24)19-6-12(22)23)18-5-10(20-9)8-3-16-7-17-4-8/h1-5,7,21H,6H2,(H,19,24)(H,22,23). The number of phenols is 1. The number of hydrogen-bond acceptors (Lipinski definition) is 7. The number of nitrogens with zero attached hydrogens (tertiary/aromatic N) is 4. The molecule has 3 rings (SSSR count). The fourth-order valence-electron chi connectivity index (χ4n) is 2.11. The van der Waals surface area contributed by atoms with E-state index in [4.69, 9.17) is 5.11 Å². The fraction of sp³-hybridized carbons (Fsp3) is 0.0667. The van der Waals surface area contributed by atoms with Gasteiger partial charge in [0.05, 0.1) is 17.4 Å². The molecular weight excluding hydrogens is 314 g/mol. The lowest BCUT2D eigenvalue weighted by Gasteiger charge is -2.09. The zero-order valence-corrected chi connectivity index (χ0v) is 12.2. The average molecular weight is 325 g/mol. The van der Waals surface area contributed by atoms with Crippen molar-refractivity contribution in [3.8, 4) is 17.0 Å². The average Bonchev–Trinajstić information content (AvgIpc) is 2.60. The Morgan fingerprint density at radius 3 is 2.58 bits per heavy atom. The van der Waals surface area contributed by atoms with Crippen molar-refractivity contribution in [3.63, 3.8) is 0 Å². The molecule has 120 valence electrons. The summed E-state index contributed by atoms with van der Waals surface area (Å²) in [6.45, 7) is -0.568. The number of aromatic nitrogens is 4. The van der Waals surface area contributed by atoms with Crippen molar-refractivity contribution in [1.82, 2.24) is 25.3 Å². The molecular formula is C15H11N5O4. The van der Waals surface area contributed by atoms with Crippen LogP contribution in [0.1, 0.15) is 10.4 Å². The Hall–Kier alpha value is -3.62. The van der Waals surface area contributed by atoms with Crippen molar-refractivity contribution in [2.24, 2.45) is 0 Å². The summed E-state index contributed by atoms with van der Waals surface area (Å²) in [7, 11) is 0. The molecule has 0 aliphatic carbocycles. The molecule has 0 spiro atoms. The lowest BCUT2D eigenvalue weighted by atomic mass is 10.1. The molecule has 1 aromatic carbocycles. The normalized spacial score (nSPS) is 10.5. The lowest BCUT2D eigenvalue weighted by molar-refractivity contribution is -0.135. The van der Waals surface area contributed by atoms with E-state index in [-0.39, 0.29) is 16.8 Å². The van der Waals surface area contributed by atoms with E-state index in [1.165, 1.54) is 24.7 Å². The number of aromatic hydroxyl groups is 1. The van der Waals surface area contributed by atoms with Gasteiger partial charge in [-0.3, -0.25) is 14.6 Å². The van der Waals surface area contributed by atoms with Crippen LogP contribution < -0.4 is 5.32 Å². The van der Waals surface area contributed by atoms with Gasteiger partial charge in [0.1, 0.15) is 29.7 Å². The maximum absolute atomic E-state index is 12.1. The largest absolute Gasteiger partial charge is 0.507 e. The third-order valence-electron chi connectivity index (χ3n) is 3.18. The molecule has 0 bridgehead atoms. The smallest absolute Gasteiger partial charge is 0.322 e. The van der Waals surface area contributed by atoms with E-state index in [0.29, 0.717) is 16.8 Å². The Morgan fingerprint density at radius 1 is 1.12 bits per heavy atom. The third kappa shape index (κ3) is 2.95. The van der Waals surface area contributed by atoms with Crippen LogP contribution in [0.5, 0.6) is 5.75 Å². The number of phenolic OH excluding ortho intramolecular Hbond substituents is 1. The van der Waals surface area contributed by atoms with Gasteiger partial charge < -0.3 is 15.5 Å². The zero-order valence-electron chi connectivity index (χ0n) is 12.2. The van der Waals surface area contributed by atoms with Crippen LogP contribution in [0.2, 0.25) is 0 Å². The number of rotatable bonds is 4. The number of benzene rings is 1. The van der Waals surface area contributed by atoms with Crippen LogP contribution in [0.3, 0.4) is 0 Å². The monoisotopic (exact) mass is 325 g/mol. The number of fused-ring (bicyclic) bond motifs is 1. The van der Waals surface area contributed by atoms with Crippen LogP contribution in [0.15, 0.2) is 37.1 Å². The molecule has 2 heterocycles. The molecule has 0 aliphatic heterocycles. The zero-order chi connectivity index (χ0) is 17.1. The van der Waals surface area contributed by atoms with Crippen molar-refractivity contribution in [2.45, 2.75) is 0 Å². The molecule has 1 amide bonds. The maximum atomic E-state index is 12.1. The first-order valence-electron chi connectivity index (χ1n) is 6.80. The van der Waals surface area contributed by atoms with E-state index < -0.39 is 18.4 Å². The minimum Gasteiger partial charge on any atom is -0.507 e. The van der Waals surface area contributed by atoms with Gasteiger partial charge in [-0.25, -0.2) is 15.0 Å². The van der Waals surface area contributed by atoms with E-state index in [1.807, 2.05) is 0 Å². The first-order valence-corrected chi connectivity index (χ1v) is 6.80. The molecule has 9 heteroatoms. The van der Waals surface area contributed by atoms with Gasteiger partial charge in [-0.15, -0.1) is 0 Å². The van der Waals surface area contributed by atoms with E-state index in [9.17, 15) is 14.7 Å². The summed E-state index contributed by atoms with van der Waals surface area (Å²) < 4.78 is 0. The number of carbonyl (C=O) groups excluding carboxylic acids is 1. The maximum Gasteiger partial charge on any atom is 0.322 e. The fourth-order valence-corrected chi connectivity index (χ4v) is 2.11. The molecule has 0 atom stereocenters. The topological polar surface area (TPSA) is 138 Å². The van der Waals surface area contributed by atoms with Crippen LogP contribution in [-0.4, -0.2) is 48.6 Å². The summed E-state index contributed by atoms with van der Waals surface area (Å²) >= 11 is 0. The Kier molecular flexibility index (Phi) is 3.98. The van der Waals surface area contributed by atoms with Gasteiger partial charge in [-0.1, -0.05) is 0 Å². The molecule has 2 aromatic heterocycles. The molecule has 0 saturated carbocycles. The van der Waals surface area contributed by atoms with Gasteiger partial charge in [0.25, 0.3) is 5.91 Å². The van der Waals surface area contributed by atoms with Crippen LogP contribution in [0.4, 0.5) is 0 Å². The van der Waals surface area contributed by atoms with Gasteiger partial charge in [0, 0.05) is 18.0 Å². The second kappa shape index (κ2) is 6.24. The van der Waals surface area contributed by atoms with Gasteiger partial charge in [-0.2, -0.15) is 0 Å². The van der Waals surface area contributed by atoms with Crippen molar-refractivity contribution in [3.05, 3.63) is 42.6 Å². The summed E-state index contributed by atoms with van der Waals surface area (Å²) in [5, 5.41) is 20.8. The Bertz CT molecular complexity index is 930. The van der Waals surface area contributed by atoms with Crippen molar-refractivity contribution in [2.75, 3.05) is 6.54 Å². The number of nitrogens with one attached hydrogen (secondary N) is 1. The molecule has 24 heavy (non-hydrogen) atoms. The highest BCUT2D eigenvalue weighted by Gasteiger charge is 2.18. The van der Waals surface area contributed by atoms with Crippen LogP contribution in [-0.2, 0) is 4.79 Å². The molecule has 0 unspecified atom stereocenters. The Balaban J connectivity index is 2.06. The first-order chi connectivity index (χ1) is 11.6. The molecule has 9 nitrogen and oxygen atoms in total. The molecule has 3 N–H and O–H groups in total. The number of carboxylic acid groups (broad SMARTS) is 1. The van der Waals surface area contributed by atoms with Crippen molar-refractivity contribution in [1.29, 1.82) is 0 Å². The quantitative estimate of drug-likeness (QED) is 0.634. The first kappa shape index (κ1) is 15.3. The van der Waals surface area contributed by atoms with Crippen LogP contribution in [0, 0.1) is 0 Å². The number of aliphatic carboxylic acids is 1. The number of carbonyl (C=O) groups is 2. The molecule has 0 saturated heterocycles. The summed E-state index contributed by atoms with van der Waals surface area (Å²) in [6, 6.07) is 2.82. The highest BCUT2D eigenvalue weighted by molar-refractivity contribution is 6.08. The van der Waals surface area contributed by atoms with Gasteiger partial charge in [0.15, 0.2) is 0 Å².